The lowest BCUT2D eigenvalue weighted by Gasteiger charge is -2.41. The van der Waals surface area contributed by atoms with Gasteiger partial charge in [-0.2, -0.15) is 18.3 Å². The van der Waals surface area contributed by atoms with E-state index in [0.29, 0.717) is 22.3 Å². The molecule has 0 radical (unpaired) electrons. The molecule has 0 aliphatic carbocycles. The van der Waals surface area contributed by atoms with Gasteiger partial charge in [-0.1, -0.05) is 47.6 Å². The lowest BCUT2D eigenvalue weighted by atomic mass is 9.95. The molecule has 3 rings (SSSR count). The molecule has 0 N–H and O–H groups in total. The summed E-state index contributed by atoms with van der Waals surface area (Å²) in [7, 11) is -4.44. The first kappa shape index (κ1) is 32.2. The zero-order valence-electron chi connectivity index (χ0n) is 24.0. The van der Waals surface area contributed by atoms with Gasteiger partial charge in [0.05, 0.1) is 20.9 Å². The fraction of sp³-hybridized carbons (Fsp3) is 0.667. The van der Waals surface area contributed by atoms with Crippen LogP contribution >= 0.6 is 11.2 Å². The van der Waals surface area contributed by atoms with E-state index in [2.05, 4.69) is 41.5 Å². The third-order valence-corrected chi connectivity index (χ3v) is 22.7. The van der Waals surface area contributed by atoms with Crippen LogP contribution in [0.4, 0.5) is 13.2 Å². The maximum absolute atomic E-state index is 13.7. The number of methoxy groups -OCH3 is 1. The maximum atomic E-state index is 13.7. The van der Waals surface area contributed by atoms with Crippen LogP contribution in [0.3, 0.4) is 0 Å². The van der Waals surface area contributed by atoms with Crippen LogP contribution in [0, 0.1) is 0 Å². The van der Waals surface area contributed by atoms with E-state index >= 15 is 0 Å². The summed E-state index contributed by atoms with van der Waals surface area (Å²) in [5.41, 5.74) is 1.24. The molecule has 2 unspecified atom stereocenters. The minimum atomic E-state index is -4.63. The van der Waals surface area contributed by atoms with E-state index in [-0.39, 0.29) is 31.1 Å². The van der Waals surface area contributed by atoms with Crippen molar-refractivity contribution in [3.05, 3.63) is 41.6 Å². The second kappa shape index (κ2) is 11.9. The molecule has 1 aromatic carbocycles. The summed E-state index contributed by atoms with van der Waals surface area (Å²) in [5.74, 6) is 0. The van der Waals surface area contributed by atoms with Gasteiger partial charge in [-0.3, -0.25) is 0 Å². The predicted molar refractivity (Wildman–Crippen MR) is 151 cm³/mol. The number of halogens is 3. The largest absolute Gasteiger partial charge is 0.416 e. The Hall–Kier alpha value is -1.34. The molecular weight excluding hydrogens is 566 g/mol. The molecule has 2 aromatic rings. The minimum absolute atomic E-state index is 0.0895. The van der Waals surface area contributed by atoms with Gasteiger partial charge in [-0.25, -0.2) is 13.1 Å². The van der Waals surface area contributed by atoms with Gasteiger partial charge in [0, 0.05) is 13.7 Å². The van der Waals surface area contributed by atoms with Crippen molar-refractivity contribution in [3.8, 4) is 0 Å². The fourth-order valence-electron chi connectivity index (χ4n) is 6.00. The maximum Gasteiger partial charge on any atom is 0.416 e. The summed E-state index contributed by atoms with van der Waals surface area (Å²) in [6.07, 6.45) is -4.97. The second-order valence-corrected chi connectivity index (χ2v) is 22.5. The molecule has 220 valence electrons. The molecule has 1 aliphatic rings. The number of ether oxygens (including phenoxy) is 2. The van der Waals surface area contributed by atoms with Crippen molar-refractivity contribution in [1.29, 1.82) is 0 Å². The molecule has 39 heavy (non-hydrogen) atoms. The van der Waals surface area contributed by atoms with Gasteiger partial charge < -0.3 is 9.47 Å². The normalized spacial score (nSPS) is 21.3. The van der Waals surface area contributed by atoms with Crippen LogP contribution in [0.15, 0.2) is 40.3 Å². The van der Waals surface area contributed by atoms with Gasteiger partial charge in [0.2, 0.25) is 0 Å². The Balaban J connectivity index is 1.99. The quantitative estimate of drug-likeness (QED) is 0.257. The van der Waals surface area contributed by atoms with Crippen LogP contribution in [0.2, 0.25) is 16.6 Å². The van der Waals surface area contributed by atoms with Crippen LogP contribution in [-0.4, -0.2) is 43.9 Å². The number of sulfone groups is 1. The standard InChI is InChI=1S/C27H41F3N2O4S2Si/c1-18(2)39(19(3)4,20(5)6)37-25-15-23(32(31-25)17-35-8)24-16-26(7,12-13-36-24)38(33,34)22-11-9-10-21(14-22)27(28,29)30/h9-11,14-15,18-20,24H,12-13,16-17H2,1-8H3. The van der Waals surface area contributed by atoms with E-state index in [1.165, 1.54) is 6.07 Å². The summed E-state index contributed by atoms with van der Waals surface area (Å²) in [4.78, 5) is -0.330. The highest BCUT2D eigenvalue weighted by Crippen LogP contribution is 2.52. The lowest BCUT2D eigenvalue weighted by molar-refractivity contribution is -0.137. The van der Waals surface area contributed by atoms with E-state index in [4.69, 9.17) is 14.6 Å². The Bertz CT molecular complexity index is 1230. The van der Waals surface area contributed by atoms with Gasteiger partial charge in [-0.15, -0.1) is 11.2 Å². The number of hydrogen-bond donors (Lipinski definition) is 0. The first-order valence-corrected chi connectivity index (χ1v) is 18.5. The average molecular weight is 607 g/mol. The Kier molecular flexibility index (Phi) is 9.79. The summed E-state index contributed by atoms with van der Waals surface area (Å²) in [6.45, 7) is 15.6. The molecule has 0 bridgehead atoms. The van der Waals surface area contributed by atoms with Crippen LogP contribution in [0.5, 0.6) is 0 Å². The van der Waals surface area contributed by atoms with Crippen molar-refractivity contribution >= 4 is 28.3 Å². The van der Waals surface area contributed by atoms with Gasteiger partial charge in [-0.05, 0) is 60.7 Å². The van der Waals surface area contributed by atoms with Gasteiger partial charge in [0.25, 0.3) is 0 Å². The molecule has 1 aliphatic heterocycles. The van der Waals surface area contributed by atoms with Crippen molar-refractivity contribution in [1.82, 2.24) is 9.78 Å². The summed E-state index contributed by atoms with van der Waals surface area (Å²) >= 11 is 1.86. The topological polar surface area (TPSA) is 70.4 Å². The highest BCUT2D eigenvalue weighted by molar-refractivity contribution is 8.29. The summed E-state index contributed by atoms with van der Waals surface area (Å²) in [5, 5.41) is 5.71. The molecule has 1 saturated heterocycles. The number of rotatable bonds is 10. The van der Waals surface area contributed by atoms with Crippen molar-refractivity contribution < 1.29 is 31.1 Å². The SMILES string of the molecule is COCn1nc(S[Si](C(C)C)(C(C)C)C(C)C)cc1C1CC(C)(S(=O)(=O)c2cccc(C(F)(F)F)c2)CCO1. The molecule has 2 heterocycles. The Morgan fingerprint density at radius 2 is 1.77 bits per heavy atom. The number of aromatic nitrogens is 2. The van der Waals surface area contributed by atoms with Crippen LogP contribution in [0.25, 0.3) is 0 Å². The van der Waals surface area contributed by atoms with Crippen molar-refractivity contribution in [2.24, 2.45) is 0 Å². The minimum Gasteiger partial charge on any atom is -0.372 e. The zero-order valence-corrected chi connectivity index (χ0v) is 26.6. The van der Waals surface area contributed by atoms with Gasteiger partial charge >= 0.3 is 6.18 Å². The monoisotopic (exact) mass is 606 g/mol. The molecular formula is C27H41F3N2O4S2Si. The molecule has 0 amide bonds. The van der Waals surface area contributed by atoms with Crippen molar-refractivity contribution in [2.45, 2.75) is 112 Å². The van der Waals surface area contributed by atoms with E-state index in [0.717, 1.165) is 23.2 Å². The summed E-state index contributed by atoms with van der Waals surface area (Å²) < 4.78 is 79.3. The van der Waals surface area contributed by atoms with Crippen LogP contribution in [0.1, 0.15) is 78.7 Å². The molecule has 2 atom stereocenters. The predicted octanol–water partition coefficient (Wildman–Crippen LogP) is 7.86. The Labute approximate surface area is 235 Å². The molecule has 12 heteroatoms. The lowest BCUT2D eigenvalue weighted by Crippen LogP contribution is -2.42. The first-order chi connectivity index (χ1) is 18.0. The number of alkyl halides is 3. The summed E-state index contributed by atoms with van der Waals surface area (Å²) in [6, 6.07) is 5.96. The molecule has 0 spiro atoms. The zero-order chi connectivity index (χ0) is 29.4. The second-order valence-electron chi connectivity index (χ2n) is 11.5. The molecule has 1 aromatic heterocycles. The highest BCUT2D eigenvalue weighted by atomic mass is 32.4. The third-order valence-electron chi connectivity index (χ3n) is 8.05. The van der Waals surface area contributed by atoms with E-state index < -0.39 is 39.7 Å². The number of nitrogens with zero attached hydrogens (tertiary/aromatic N) is 2. The van der Waals surface area contributed by atoms with Crippen LogP contribution < -0.4 is 0 Å². The van der Waals surface area contributed by atoms with Gasteiger partial charge in [0.1, 0.15) is 25.1 Å². The molecule has 0 saturated carbocycles. The number of benzene rings is 1. The van der Waals surface area contributed by atoms with Gasteiger partial charge in [0.15, 0.2) is 9.84 Å². The third kappa shape index (κ3) is 6.29. The fourth-order valence-corrected chi connectivity index (χ4v) is 16.7. The average Bonchev–Trinajstić information content (AvgIpc) is 3.24. The highest BCUT2D eigenvalue weighted by Gasteiger charge is 2.48. The number of hydrogen-bond acceptors (Lipinski definition) is 6. The molecule has 6 nitrogen and oxygen atoms in total. The Morgan fingerprint density at radius 1 is 1.15 bits per heavy atom. The van der Waals surface area contributed by atoms with Crippen molar-refractivity contribution in [2.75, 3.05) is 13.7 Å². The van der Waals surface area contributed by atoms with E-state index in [1.54, 1.807) is 18.7 Å². The Morgan fingerprint density at radius 3 is 2.31 bits per heavy atom. The van der Waals surface area contributed by atoms with E-state index in [9.17, 15) is 21.6 Å². The smallest absolute Gasteiger partial charge is 0.372 e. The molecule has 1 fully saturated rings. The van der Waals surface area contributed by atoms with E-state index in [1.807, 2.05) is 17.3 Å². The first-order valence-electron chi connectivity index (χ1n) is 13.3. The van der Waals surface area contributed by atoms with Crippen molar-refractivity contribution in [3.63, 3.8) is 0 Å². The van der Waals surface area contributed by atoms with Crippen LogP contribution in [-0.2, 0) is 32.2 Å².